The van der Waals surface area contributed by atoms with E-state index in [0.717, 1.165) is 12.1 Å². The second-order valence-corrected chi connectivity index (χ2v) is 2.19. The predicted molar refractivity (Wildman–Crippen MR) is 43.2 cm³/mol. The van der Waals surface area contributed by atoms with Gasteiger partial charge in [-0.25, -0.2) is 0 Å². The Labute approximate surface area is 61.3 Å². The maximum Gasteiger partial charge on any atom is 0.0526 e. The van der Waals surface area contributed by atoms with E-state index in [4.69, 9.17) is 0 Å². The molecule has 0 fully saturated rings. The Kier molecular flexibility index (Phi) is 2.26. The zero-order valence-corrected chi connectivity index (χ0v) is 6.39. The highest BCUT2D eigenvalue weighted by Crippen LogP contribution is 2.06. The SMILES string of the molecule is CCc1cncc(NC)c1. The van der Waals surface area contributed by atoms with Gasteiger partial charge in [-0.3, -0.25) is 4.98 Å². The highest BCUT2D eigenvalue weighted by molar-refractivity contribution is 5.41. The molecule has 54 valence electrons. The first-order valence-corrected chi connectivity index (χ1v) is 3.48. The number of anilines is 1. The minimum Gasteiger partial charge on any atom is -0.387 e. The number of pyridine rings is 1. The van der Waals surface area contributed by atoms with Gasteiger partial charge in [0.1, 0.15) is 0 Å². The number of nitrogens with zero attached hydrogens (tertiary/aromatic N) is 1. The Morgan fingerprint density at radius 1 is 1.50 bits per heavy atom. The fraction of sp³-hybridized carbons (Fsp3) is 0.375. The summed E-state index contributed by atoms with van der Waals surface area (Å²) in [7, 11) is 1.90. The van der Waals surface area contributed by atoms with E-state index in [-0.39, 0.29) is 0 Å². The van der Waals surface area contributed by atoms with E-state index < -0.39 is 0 Å². The monoisotopic (exact) mass is 136 g/mol. The number of aryl methyl sites for hydroxylation is 1. The Hall–Kier alpha value is -1.05. The van der Waals surface area contributed by atoms with E-state index >= 15 is 0 Å². The molecule has 0 atom stereocenters. The summed E-state index contributed by atoms with van der Waals surface area (Å²) in [5, 5.41) is 3.04. The molecule has 1 aromatic rings. The molecule has 2 heteroatoms. The van der Waals surface area contributed by atoms with Crippen molar-refractivity contribution in [2.75, 3.05) is 12.4 Å². The fourth-order valence-electron chi connectivity index (χ4n) is 0.818. The highest BCUT2D eigenvalue weighted by Gasteiger charge is 1.90. The molecule has 0 saturated heterocycles. The second kappa shape index (κ2) is 3.20. The van der Waals surface area contributed by atoms with Crippen LogP contribution in [0.2, 0.25) is 0 Å². The van der Waals surface area contributed by atoms with Crippen molar-refractivity contribution in [3.8, 4) is 0 Å². The lowest BCUT2D eigenvalue weighted by atomic mass is 10.2. The largest absolute Gasteiger partial charge is 0.387 e. The molecule has 1 aromatic heterocycles. The van der Waals surface area contributed by atoms with Crippen molar-refractivity contribution in [2.24, 2.45) is 0 Å². The zero-order valence-electron chi connectivity index (χ0n) is 6.39. The summed E-state index contributed by atoms with van der Waals surface area (Å²) in [5.74, 6) is 0. The molecule has 0 aliphatic rings. The van der Waals surface area contributed by atoms with E-state index in [0.29, 0.717) is 0 Å². The molecule has 0 radical (unpaired) electrons. The van der Waals surface area contributed by atoms with Crippen LogP contribution in [-0.2, 0) is 6.42 Å². The first kappa shape index (κ1) is 7.06. The number of hydrogen-bond donors (Lipinski definition) is 1. The molecule has 0 amide bonds. The molecule has 0 spiro atoms. The smallest absolute Gasteiger partial charge is 0.0526 e. The van der Waals surface area contributed by atoms with Gasteiger partial charge in [0.2, 0.25) is 0 Å². The van der Waals surface area contributed by atoms with Crippen LogP contribution >= 0.6 is 0 Å². The van der Waals surface area contributed by atoms with Gasteiger partial charge in [-0.05, 0) is 18.1 Å². The fourth-order valence-corrected chi connectivity index (χ4v) is 0.818. The van der Waals surface area contributed by atoms with Crippen LogP contribution in [0.5, 0.6) is 0 Å². The first-order valence-electron chi connectivity index (χ1n) is 3.48. The van der Waals surface area contributed by atoms with Gasteiger partial charge in [0.25, 0.3) is 0 Å². The van der Waals surface area contributed by atoms with Gasteiger partial charge in [0.15, 0.2) is 0 Å². The number of hydrogen-bond acceptors (Lipinski definition) is 2. The van der Waals surface area contributed by atoms with Gasteiger partial charge < -0.3 is 5.32 Å². The first-order chi connectivity index (χ1) is 4.86. The molecule has 0 aliphatic carbocycles. The van der Waals surface area contributed by atoms with E-state index in [1.165, 1.54) is 5.56 Å². The van der Waals surface area contributed by atoms with Crippen LogP contribution in [0.3, 0.4) is 0 Å². The Balaban J connectivity index is 2.87. The molecule has 1 N–H and O–H groups in total. The average molecular weight is 136 g/mol. The lowest BCUT2D eigenvalue weighted by Crippen LogP contribution is -1.90. The van der Waals surface area contributed by atoms with Gasteiger partial charge in [-0.1, -0.05) is 6.92 Å². The van der Waals surface area contributed by atoms with Gasteiger partial charge in [-0.2, -0.15) is 0 Å². The lowest BCUT2D eigenvalue weighted by Gasteiger charge is -1.99. The molecular weight excluding hydrogens is 124 g/mol. The molecule has 0 aromatic carbocycles. The van der Waals surface area contributed by atoms with Crippen molar-refractivity contribution in [3.05, 3.63) is 24.0 Å². The third-order valence-electron chi connectivity index (χ3n) is 1.49. The summed E-state index contributed by atoms with van der Waals surface area (Å²) in [5.41, 5.74) is 2.35. The maximum absolute atomic E-state index is 4.06. The molecule has 0 aliphatic heterocycles. The van der Waals surface area contributed by atoms with Crippen LogP contribution in [0.25, 0.3) is 0 Å². The van der Waals surface area contributed by atoms with Crippen LogP contribution in [0.1, 0.15) is 12.5 Å². The summed E-state index contributed by atoms with van der Waals surface area (Å²) in [6.45, 7) is 2.12. The lowest BCUT2D eigenvalue weighted by molar-refractivity contribution is 1.10. The molecule has 1 rings (SSSR count). The normalized spacial score (nSPS) is 9.40. The summed E-state index contributed by atoms with van der Waals surface area (Å²) >= 11 is 0. The number of aromatic nitrogens is 1. The highest BCUT2D eigenvalue weighted by atomic mass is 14.8. The Morgan fingerprint density at radius 3 is 2.90 bits per heavy atom. The van der Waals surface area contributed by atoms with Crippen LogP contribution in [0, 0.1) is 0 Å². The number of nitrogens with one attached hydrogen (secondary N) is 1. The average Bonchev–Trinajstić information content (AvgIpc) is 2.05. The van der Waals surface area contributed by atoms with Gasteiger partial charge >= 0.3 is 0 Å². The van der Waals surface area contributed by atoms with E-state index in [9.17, 15) is 0 Å². The molecular formula is C8H12N2. The molecule has 0 unspecified atom stereocenters. The van der Waals surface area contributed by atoms with Crippen molar-refractivity contribution in [1.82, 2.24) is 4.98 Å². The molecule has 0 saturated carbocycles. The van der Waals surface area contributed by atoms with Crippen molar-refractivity contribution >= 4 is 5.69 Å². The summed E-state index contributed by atoms with van der Waals surface area (Å²) in [4.78, 5) is 4.06. The molecule has 10 heavy (non-hydrogen) atoms. The van der Waals surface area contributed by atoms with Crippen molar-refractivity contribution in [1.29, 1.82) is 0 Å². The van der Waals surface area contributed by atoms with Crippen molar-refractivity contribution < 1.29 is 0 Å². The van der Waals surface area contributed by atoms with Crippen molar-refractivity contribution in [2.45, 2.75) is 13.3 Å². The van der Waals surface area contributed by atoms with E-state index in [1.54, 1.807) is 0 Å². The topological polar surface area (TPSA) is 24.9 Å². The van der Waals surface area contributed by atoms with Crippen LogP contribution in [-0.4, -0.2) is 12.0 Å². The molecule has 0 bridgehead atoms. The van der Waals surface area contributed by atoms with Gasteiger partial charge in [-0.15, -0.1) is 0 Å². The molecule has 1 heterocycles. The Bertz CT molecular complexity index is 189. The quantitative estimate of drug-likeness (QED) is 0.669. The van der Waals surface area contributed by atoms with Crippen LogP contribution < -0.4 is 5.32 Å². The van der Waals surface area contributed by atoms with Crippen molar-refractivity contribution in [3.63, 3.8) is 0 Å². The molecule has 2 nitrogen and oxygen atoms in total. The van der Waals surface area contributed by atoms with Crippen LogP contribution in [0.4, 0.5) is 5.69 Å². The Morgan fingerprint density at radius 2 is 2.30 bits per heavy atom. The second-order valence-electron chi connectivity index (χ2n) is 2.19. The predicted octanol–water partition coefficient (Wildman–Crippen LogP) is 1.69. The minimum absolute atomic E-state index is 1.04. The summed E-state index contributed by atoms with van der Waals surface area (Å²) in [6.07, 6.45) is 4.75. The van der Waals surface area contributed by atoms with E-state index in [2.05, 4.69) is 23.3 Å². The summed E-state index contributed by atoms with van der Waals surface area (Å²) < 4.78 is 0. The van der Waals surface area contributed by atoms with Crippen LogP contribution in [0.15, 0.2) is 18.5 Å². The van der Waals surface area contributed by atoms with Gasteiger partial charge in [0, 0.05) is 19.4 Å². The van der Waals surface area contributed by atoms with Gasteiger partial charge in [0.05, 0.1) is 5.69 Å². The number of rotatable bonds is 2. The standard InChI is InChI=1S/C8H12N2/c1-3-7-4-8(9-2)6-10-5-7/h4-6,9H,3H2,1-2H3. The van der Waals surface area contributed by atoms with E-state index in [1.807, 2.05) is 19.4 Å². The zero-order chi connectivity index (χ0) is 7.40. The third kappa shape index (κ3) is 1.47. The minimum atomic E-state index is 1.04. The maximum atomic E-state index is 4.06. The third-order valence-corrected chi connectivity index (χ3v) is 1.49. The summed E-state index contributed by atoms with van der Waals surface area (Å²) in [6, 6.07) is 2.10.